The van der Waals surface area contributed by atoms with Crippen molar-refractivity contribution in [3.63, 3.8) is 0 Å². The van der Waals surface area contributed by atoms with Crippen molar-refractivity contribution in [1.82, 2.24) is 5.32 Å². The van der Waals surface area contributed by atoms with Gasteiger partial charge in [0.05, 0.1) is 12.5 Å². The van der Waals surface area contributed by atoms with Crippen LogP contribution in [0.25, 0.3) is 0 Å². The first-order valence-electron chi connectivity index (χ1n) is 5.09. The normalized spacial score (nSPS) is 51.3. The number of carbonyl (C=O) groups excluding carboxylic acids is 1. The Hall–Kier alpha value is -0.570. The summed E-state index contributed by atoms with van der Waals surface area (Å²) in [5.74, 6) is 0.804. The maximum atomic E-state index is 11.7. The highest BCUT2D eigenvalue weighted by Crippen LogP contribution is 2.56. The Morgan fingerprint density at radius 2 is 2.31 bits per heavy atom. The lowest BCUT2D eigenvalue weighted by Crippen LogP contribution is -2.39. The fourth-order valence-corrected chi connectivity index (χ4v) is 3.78. The van der Waals surface area contributed by atoms with E-state index in [4.69, 9.17) is 4.74 Å². The van der Waals surface area contributed by atoms with Gasteiger partial charge in [-0.3, -0.25) is 4.79 Å². The van der Waals surface area contributed by atoms with E-state index in [1.165, 1.54) is 20.0 Å². The summed E-state index contributed by atoms with van der Waals surface area (Å²) >= 11 is 0. The van der Waals surface area contributed by atoms with Crippen LogP contribution in [0.4, 0.5) is 0 Å². The van der Waals surface area contributed by atoms with Crippen molar-refractivity contribution in [3.05, 3.63) is 0 Å². The van der Waals surface area contributed by atoms with Crippen LogP contribution in [-0.2, 0) is 9.53 Å². The van der Waals surface area contributed by atoms with Crippen LogP contribution in [-0.4, -0.2) is 25.2 Å². The van der Waals surface area contributed by atoms with Crippen LogP contribution in [0.15, 0.2) is 0 Å². The minimum absolute atomic E-state index is 0.0229. The summed E-state index contributed by atoms with van der Waals surface area (Å²) < 4.78 is 4.93. The van der Waals surface area contributed by atoms with Crippen molar-refractivity contribution in [2.24, 2.45) is 11.3 Å². The minimum atomic E-state index is -0.137. The molecule has 3 nitrogen and oxygen atoms in total. The van der Waals surface area contributed by atoms with Crippen LogP contribution in [0.5, 0.6) is 0 Å². The molecule has 2 saturated heterocycles. The third-order valence-corrected chi connectivity index (χ3v) is 4.15. The fourth-order valence-electron chi connectivity index (χ4n) is 3.78. The fraction of sp³-hybridized carbons (Fsp3) is 0.900. The van der Waals surface area contributed by atoms with Crippen molar-refractivity contribution < 1.29 is 9.53 Å². The second kappa shape index (κ2) is 2.27. The topological polar surface area (TPSA) is 38.3 Å². The van der Waals surface area contributed by atoms with Crippen molar-refractivity contribution in [3.8, 4) is 0 Å². The molecule has 2 aliphatic carbocycles. The number of nitrogens with one attached hydrogen (secondary N) is 1. The van der Waals surface area contributed by atoms with Gasteiger partial charge in [-0.1, -0.05) is 0 Å². The second-order valence-electron chi connectivity index (χ2n) is 4.81. The smallest absolute Gasteiger partial charge is 0.313 e. The van der Waals surface area contributed by atoms with E-state index in [0.29, 0.717) is 12.1 Å². The number of rotatable bonds is 1. The molecule has 3 heteroatoms. The molecule has 0 aromatic rings. The van der Waals surface area contributed by atoms with Gasteiger partial charge in [-0.05, 0) is 31.6 Å². The van der Waals surface area contributed by atoms with Gasteiger partial charge in [0.15, 0.2) is 0 Å². The lowest BCUT2D eigenvalue weighted by molar-refractivity contribution is -0.153. The first-order valence-corrected chi connectivity index (χ1v) is 5.09. The van der Waals surface area contributed by atoms with Gasteiger partial charge in [-0.15, -0.1) is 0 Å². The van der Waals surface area contributed by atoms with Crippen LogP contribution in [0.1, 0.15) is 25.7 Å². The highest BCUT2D eigenvalue weighted by molar-refractivity contribution is 5.79. The van der Waals surface area contributed by atoms with Gasteiger partial charge in [-0.25, -0.2) is 0 Å². The van der Waals surface area contributed by atoms with E-state index >= 15 is 0 Å². The third-order valence-electron chi connectivity index (χ3n) is 4.15. The highest BCUT2D eigenvalue weighted by Gasteiger charge is 2.62. The van der Waals surface area contributed by atoms with E-state index in [1.54, 1.807) is 0 Å². The Bertz CT molecular complexity index is 250. The molecule has 0 aromatic carbocycles. The molecule has 2 heterocycles. The van der Waals surface area contributed by atoms with E-state index in [-0.39, 0.29) is 11.4 Å². The monoisotopic (exact) mass is 181 g/mol. The molecule has 4 rings (SSSR count). The number of carbonyl (C=O) groups is 1. The number of methoxy groups -OCH3 is 1. The van der Waals surface area contributed by atoms with Crippen LogP contribution in [0.2, 0.25) is 0 Å². The third kappa shape index (κ3) is 0.810. The van der Waals surface area contributed by atoms with Gasteiger partial charge in [0, 0.05) is 12.1 Å². The Morgan fingerprint density at radius 3 is 3.00 bits per heavy atom. The number of esters is 1. The van der Waals surface area contributed by atoms with E-state index in [1.807, 2.05) is 0 Å². The number of hydrogen-bond acceptors (Lipinski definition) is 3. The maximum Gasteiger partial charge on any atom is 0.313 e. The number of hydrogen-bond donors (Lipinski definition) is 1. The van der Waals surface area contributed by atoms with Crippen LogP contribution >= 0.6 is 0 Å². The van der Waals surface area contributed by atoms with Gasteiger partial charge < -0.3 is 10.1 Å². The van der Waals surface area contributed by atoms with Gasteiger partial charge in [-0.2, -0.15) is 0 Å². The Labute approximate surface area is 77.8 Å². The second-order valence-corrected chi connectivity index (χ2v) is 4.81. The molecule has 2 aliphatic heterocycles. The summed E-state index contributed by atoms with van der Waals surface area (Å²) in [4.78, 5) is 11.7. The van der Waals surface area contributed by atoms with Crippen LogP contribution < -0.4 is 5.32 Å². The van der Waals surface area contributed by atoms with Gasteiger partial charge in [0.1, 0.15) is 0 Å². The lowest BCUT2D eigenvalue weighted by atomic mass is 9.76. The molecule has 0 aromatic heterocycles. The number of ether oxygens (including phenoxy) is 1. The molecule has 0 radical (unpaired) electrons. The average Bonchev–Trinajstić information content (AvgIpc) is 2.51. The standard InChI is InChI=1S/C10H15NO2/c1-13-9(12)10-4-6-2-7(5-10)11-8(10)3-6/h6-8,11H,2-5H2,1H3. The van der Waals surface area contributed by atoms with Crippen LogP contribution in [0.3, 0.4) is 0 Å². The molecule has 1 N–H and O–H groups in total. The summed E-state index contributed by atoms with van der Waals surface area (Å²) in [5, 5.41) is 3.54. The zero-order valence-corrected chi connectivity index (χ0v) is 7.88. The van der Waals surface area contributed by atoms with Crippen molar-refractivity contribution in [2.75, 3.05) is 7.11 Å². The Morgan fingerprint density at radius 1 is 1.46 bits per heavy atom. The zero-order valence-electron chi connectivity index (χ0n) is 7.88. The molecule has 72 valence electrons. The predicted octanol–water partition coefficient (Wildman–Crippen LogP) is 0.690. The molecule has 0 spiro atoms. The minimum Gasteiger partial charge on any atom is -0.469 e. The number of piperidine rings is 1. The summed E-state index contributed by atoms with van der Waals surface area (Å²) in [6, 6.07) is 1.01. The molecule has 4 unspecified atom stereocenters. The molecule has 4 aliphatic rings. The molecular weight excluding hydrogens is 166 g/mol. The summed E-state index contributed by atoms with van der Waals surface area (Å²) in [6.07, 6.45) is 4.54. The molecule has 4 atom stereocenters. The molecular formula is C10H15NO2. The van der Waals surface area contributed by atoms with E-state index < -0.39 is 0 Å². The SMILES string of the molecule is COC(=O)C12CC3CC(C1)NC2C3. The first kappa shape index (κ1) is 7.80. The predicted molar refractivity (Wildman–Crippen MR) is 47.1 cm³/mol. The average molecular weight is 181 g/mol. The molecule has 13 heavy (non-hydrogen) atoms. The van der Waals surface area contributed by atoms with Gasteiger partial charge in [0.25, 0.3) is 0 Å². The highest BCUT2D eigenvalue weighted by atomic mass is 16.5. The Balaban J connectivity index is 1.96. The zero-order chi connectivity index (χ0) is 9.05. The van der Waals surface area contributed by atoms with E-state index in [2.05, 4.69) is 5.32 Å². The lowest BCUT2D eigenvalue weighted by Gasteiger charge is -2.28. The summed E-state index contributed by atoms with van der Waals surface area (Å²) in [6.45, 7) is 0. The quantitative estimate of drug-likeness (QED) is 0.605. The summed E-state index contributed by atoms with van der Waals surface area (Å²) in [5.41, 5.74) is -0.137. The largest absolute Gasteiger partial charge is 0.469 e. The first-order chi connectivity index (χ1) is 6.24. The van der Waals surface area contributed by atoms with E-state index in [0.717, 1.165) is 18.8 Å². The summed E-state index contributed by atoms with van der Waals surface area (Å²) in [7, 11) is 1.51. The molecule has 0 amide bonds. The maximum absolute atomic E-state index is 11.7. The molecule has 4 bridgehead atoms. The van der Waals surface area contributed by atoms with Crippen molar-refractivity contribution in [2.45, 2.75) is 37.8 Å². The van der Waals surface area contributed by atoms with Crippen molar-refractivity contribution >= 4 is 5.97 Å². The van der Waals surface area contributed by atoms with Gasteiger partial charge in [0.2, 0.25) is 0 Å². The van der Waals surface area contributed by atoms with Gasteiger partial charge >= 0.3 is 5.97 Å². The van der Waals surface area contributed by atoms with Crippen LogP contribution in [0, 0.1) is 11.3 Å². The molecule has 4 fully saturated rings. The van der Waals surface area contributed by atoms with E-state index in [9.17, 15) is 4.79 Å². The molecule has 2 saturated carbocycles. The van der Waals surface area contributed by atoms with Crippen molar-refractivity contribution in [1.29, 1.82) is 0 Å². The Kier molecular flexibility index (Phi) is 1.36.